The summed E-state index contributed by atoms with van der Waals surface area (Å²) < 4.78 is 17.0. The van der Waals surface area contributed by atoms with Crippen molar-refractivity contribution in [1.82, 2.24) is 13.9 Å². The number of aromatic nitrogens is 3. The van der Waals surface area contributed by atoms with Gasteiger partial charge in [0.25, 0.3) is 5.91 Å². The number of anilines is 1. The van der Waals surface area contributed by atoms with E-state index in [0.717, 1.165) is 34.2 Å². The number of hydrogen-bond donors (Lipinski definition) is 1. The Kier molecular flexibility index (Phi) is 6.99. The van der Waals surface area contributed by atoms with Gasteiger partial charge in [0, 0.05) is 29.0 Å². The largest absolute Gasteiger partial charge is 0.497 e. The van der Waals surface area contributed by atoms with Crippen LogP contribution in [0.4, 0.5) is 5.13 Å². The van der Waals surface area contributed by atoms with Crippen molar-refractivity contribution in [3.8, 4) is 23.3 Å². The summed E-state index contributed by atoms with van der Waals surface area (Å²) >= 11 is 2.45. The molecule has 160 valence electrons. The van der Waals surface area contributed by atoms with Gasteiger partial charge in [-0.3, -0.25) is 10.1 Å². The van der Waals surface area contributed by atoms with Gasteiger partial charge in [-0.25, -0.2) is 0 Å². The van der Waals surface area contributed by atoms with E-state index in [1.165, 1.54) is 11.8 Å². The van der Waals surface area contributed by atoms with Gasteiger partial charge in [-0.1, -0.05) is 11.8 Å². The molecule has 1 amide bonds. The maximum absolute atomic E-state index is 12.6. The number of methoxy groups -OCH3 is 2. The first-order valence-corrected chi connectivity index (χ1v) is 11.1. The van der Waals surface area contributed by atoms with Crippen molar-refractivity contribution in [2.24, 2.45) is 0 Å². The standard InChI is InChI=1S/C21H21N5O3S2/c1-12-8-14(9-15(11-22)19(27)23-20-24-21(30-5)25-31-20)13(2)26(12)17-10-16(28-3)6-7-18(17)29-4/h6-10H,1-5H3,(H,23,24,25,27)/b15-9-. The summed E-state index contributed by atoms with van der Waals surface area (Å²) in [5.74, 6) is 0.839. The SMILES string of the molecule is COc1ccc(OC)c(-n2c(C)cc(/C=C(/C#N)C(=O)Nc3nc(SC)ns3)c2C)c1. The molecule has 1 aromatic carbocycles. The van der Waals surface area contributed by atoms with Crippen molar-refractivity contribution in [3.63, 3.8) is 0 Å². The summed E-state index contributed by atoms with van der Waals surface area (Å²) in [5.41, 5.74) is 3.29. The molecule has 0 aliphatic heterocycles. The van der Waals surface area contributed by atoms with Gasteiger partial charge < -0.3 is 14.0 Å². The number of aryl methyl sites for hydroxylation is 1. The van der Waals surface area contributed by atoms with Gasteiger partial charge in [0.05, 0.1) is 19.9 Å². The summed E-state index contributed by atoms with van der Waals surface area (Å²) in [6.45, 7) is 3.86. The summed E-state index contributed by atoms with van der Waals surface area (Å²) in [6, 6.07) is 9.42. The first-order chi connectivity index (χ1) is 14.9. The van der Waals surface area contributed by atoms with Crippen LogP contribution in [-0.4, -0.2) is 40.3 Å². The maximum Gasteiger partial charge on any atom is 0.268 e. The predicted molar refractivity (Wildman–Crippen MR) is 122 cm³/mol. The number of nitrogens with zero attached hydrogens (tertiary/aromatic N) is 4. The summed E-state index contributed by atoms with van der Waals surface area (Å²) in [5, 5.41) is 13.1. The molecule has 0 atom stereocenters. The molecule has 0 saturated heterocycles. The number of amides is 1. The molecule has 8 nitrogen and oxygen atoms in total. The molecule has 0 bridgehead atoms. The van der Waals surface area contributed by atoms with Crippen LogP contribution >= 0.6 is 23.3 Å². The lowest BCUT2D eigenvalue weighted by atomic mass is 10.1. The average molecular weight is 456 g/mol. The Morgan fingerprint density at radius 3 is 2.68 bits per heavy atom. The fraction of sp³-hybridized carbons (Fsp3) is 0.238. The van der Waals surface area contributed by atoms with Gasteiger partial charge in [-0.15, -0.1) is 0 Å². The molecule has 1 N–H and O–H groups in total. The van der Waals surface area contributed by atoms with Crippen molar-refractivity contribution >= 4 is 40.4 Å². The van der Waals surface area contributed by atoms with E-state index < -0.39 is 5.91 Å². The van der Waals surface area contributed by atoms with Crippen LogP contribution in [0.1, 0.15) is 17.0 Å². The van der Waals surface area contributed by atoms with Crippen molar-refractivity contribution in [3.05, 3.63) is 46.8 Å². The molecule has 10 heteroatoms. The summed E-state index contributed by atoms with van der Waals surface area (Å²) in [4.78, 5) is 16.8. The van der Waals surface area contributed by atoms with Crippen molar-refractivity contribution < 1.29 is 14.3 Å². The van der Waals surface area contributed by atoms with Gasteiger partial charge in [-0.05, 0) is 49.9 Å². The highest BCUT2D eigenvalue weighted by atomic mass is 32.2. The molecule has 0 fully saturated rings. The second kappa shape index (κ2) is 9.68. The van der Waals surface area contributed by atoms with Gasteiger partial charge >= 0.3 is 0 Å². The number of thioether (sulfide) groups is 1. The Balaban J connectivity index is 1.98. The topological polar surface area (TPSA) is 102 Å². The molecule has 2 heterocycles. The number of carbonyl (C=O) groups is 1. The molecular weight excluding hydrogens is 434 g/mol. The van der Waals surface area contributed by atoms with Crippen molar-refractivity contribution in [1.29, 1.82) is 5.26 Å². The average Bonchev–Trinajstić information content (AvgIpc) is 3.34. The van der Waals surface area contributed by atoms with Crippen LogP contribution < -0.4 is 14.8 Å². The monoisotopic (exact) mass is 455 g/mol. The molecule has 0 aliphatic carbocycles. The number of ether oxygens (including phenoxy) is 2. The Labute approximate surface area is 188 Å². The zero-order valence-electron chi connectivity index (χ0n) is 17.7. The highest BCUT2D eigenvalue weighted by Gasteiger charge is 2.17. The number of nitrogens with one attached hydrogen (secondary N) is 1. The Bertz CT molecular complexity index is 1190. The minimum absolute atomic E-state index is 0.0289. The molecule has 3 rings (SSSR count). The minimum Gasteiger partial charge on any atom is -0.497 e. The first kappa shape index (κ1) is 22.4. The molecule has 2 aromatic heterocycles. The number of carbonyl (C=O) groups excluding carboxylic acids is 1. The van der Waals surface area contributed by atoms with Crippen LogP contribution in [0.25, 0.3) is 11.8 Å². The quantitative estimate of drug-likeness (QED) is 0.323. The second-order valence-electron chi connectivity index (χ2n) is 6.41. The Hall–Kier alpha value is -3.29. The van der Waals surface area contributed by atoms with Crippen LogP contribution in [0.5, 0.6) is 11.5 Å². The van der Waals surface area contributed by atoms with Crippen LogP contribution in [0, 0.1) is 25.2 Å². The van der Waals surface area contributed by atoms with E-state index in [2.05, 4.69) is 14.7 Å². The molecule has 0 aliphatic rings. The fourth-order valence-electron chi connectivity index (χ4n) is 3.09. The number of nitriles is 1. The third-order valence-electron chi connectivity index (χ3n) is 4.57. The predicted octanol–water partition coefficient (Wildman–Crippen LogP) is 4.23. The highest BCUT2D eigenvalue weighted by Crippen LogP contribution is 2.32. The lowest BCUT2D eigenvalue weighted by Crippen LogP contribution is -2.13. The van der Waals surface area contributed by atoms with Crippen LogP contribution in [0.3, 0.4) is 0 Å². The Morgan fingerprint density at radius 1 is 1.29 bits per heavy atom. The molecule has 31 heavy (non-hydrogen) atoms. The van der Waals surface area contributed by atoms with E-state index >= 15 is 0 Å². The Morgan fingerprint density at radius 2 is 2.06 bits per heavy atom. The van der Waals surface area contributed by atoms with E-state index in [0.29, 0.717) is 21.8 Å². The molecule has 3 aromatic rings. The lowest BCUT2D eigenvalue weighted by Gasteiger charge is -2.15. The van der Waals surface area contributed by atoms with Gasteiger partial charge in [-0.2, -0.15) is 14.6 Å². The molecule has 0 unspecified atom stereocenters. The zero-order valence-corrected chi connectivity index (χ0v) is 19.3. The molecular formula is C21H21N5O3S2. The van der Waals surface area contributed by atoms with Crippen molar-refractivity contribution in [2.75, 3.05) is 25.8 Å². The van der Waals surface area contributed by atoms with E-state index in [1.807, 2.05) is 55.0 Å². The third-order valence-corrected chi connectivity index (χ3v) is 5.87. The smallest absolute Gasteiger partial charge is 0.268 e. The number of benzene rings is 1. The van der Waals surface area contributed by atoms with Gasteiger partial charge in [0.1, 0.15) is 23.1 Å². The minimum atomic E-state index is -0.532. The van der Waals surface area contributed by atoms with Crippen molar-refractivity contribution in [2.45, 2.75) is 19.0 Å². The second-order valence-corrected chi connectivity index (χ2v) is 7.94. The molecule has 0 saturated carbocycles. The van der Waals surface area contributed by atoms with E-state index in [9.17, 15) is 10.1 Å². The number of hydrogen-bond acceptors (Lipinski definition) is 8. The van der Waals surface area contributed by atoms with Crippen LogP contribution in [-0.2, 0) is 4.79 Å². The first-order valence-electron chi connectivity index (χ1n) is 9.14. The van der Waals surface area contributed by atoms with E-state index in [4.69, 9.17) is 9.47 Å². The molecule has 0 spiro atoms. The normalized spacial score (nSPS) is 11.2. The molecule has 0 radical (unpaired) electrons. The fourth-order valence-corrected chi connectivity index (χ4v) is 4.21. The maximum atomic E-state index is 12.6. The van der Waals surface area contributed by atoms with Gasteiger partial charge in [0.15, 0.2) is 0 Å². The van der Waals surface area contributed by atoms with Crippen LogP contribution in [0.2, 0.25) is 0 Å². The van der Waals surface area contributed by atoms with E-state index in [1.54, 1.807) is 20.3 Å². The zero-order chi connectivity index (χ0) is 22.5. The highest BCUT2D eigenvalue weighted by molar-refractivity contribution is 7.98. The third kappa shape index (κ3) is 4.73. The van der Waals surface area contributed by atoms with E-state index in [-0.39, 0.29) is 5.57 Å². The lowest BCUT2D eigenvalue weighted by molar-refractivity contribution is -0.112. The van der Waals surface area contributed by atoms with Crippen LogP contribution in [0.15, 0.2) is 35.0 Å². The summed E-state index contributed by atoms with van der Waals surface area (Å²) in [7, 11) is 3.21. The summed E-state index contributed by atoms with van der Waals surface area (Å²) in [6.07, 6.45) is 3.42. The van der Waals surface area contributed by atoms with Gasteiger partial charge in [0.2, 0.25) is 10.3 Å². The number of rotatable bonds is 7.